The van der Waals surface area contributed by atoms with Crippen LogP contribution in [-0.4, -0.2) is 39.7 Å². The van der Waals surface area contributed by atoms with Gasteiger partial charge in [0.1, 0.15) is 5.69 Å². The Labute approximate surface area is 180 Å². The maximum absolute atomic E-state index is 12.8. The van der Waals surface area contributed by atoms with Gasteiger partial charge in [0, 0.05) is 18.2 Å². The number of carboxylic acids is 1. The number of carboxylic acid groups (broad SMARTS) is 1. The van der Waals surface area contributed by atoms with Crippen molar-refractivity contribution in [1.82, 2.24) is 9.97 Å². The summed E-state index contributed by atoms with van der Waals surface area (Å²) in [4.78, 5) is 34.2. The van der Waals surface area contributed by atoms with Gasteiger partial charge >= 0.3 is 5.97 Å². The Hall–Kier alpha value is -4.11. The van der Waals surface area contributed by atoms with Crippen LogP contribution in [0, 0.1) is 0 Å². The maximum atomic E-state index is 12.8. The second-order valence-electron chi connectivity index (χ2n) is 6.87. The van der Waals surface area contributed by atoms with Gasteiger partial charge in [-0.2, -0.15) is 5.10 Å². The SMILES string of the molecule is CN1C(=O)/C(=N\Nc2nc3ccccc3s2)c2cc(-c3cccc(C(=O)O)n3)ccc21. The van der Waals surface area contributed by atoms with Crippen molar-refractivity contribution in [2.24, 2.45) is 5.10 Å². The van der Waals surface area contributed by atoms with Gasteiger partial charge in [-0.05, 0) is 36.4 Å². The standard InChI is InChI=1S/C22H15N5O3S/c1-27-17-10-9-12(14-6-4-7-16(23-14)21(29)30)11-13(17)19(20(27)28)25-26-22-24-15-5-2-3-8-18(15)31-22/h2-11H,1H3,(H,24,26)(H,29,30)/b25-19-. The van der Waals surface area contributed by atoms with E-state index < -0.39 is 5.97 Å². The normalized spacial score (nSPS) is 14.3. The number of thiazole rings is 1. The fourth-order valence-electron chi connectivity index (χ4n) is 3.41. The fraction of sp³-hybridized carbons (Fsp3) is 0.0455. The van der Waals surface area contributed by atoms with Crippen LogP contribution in [0.4, 0.5) is 10.8 Å². The van der Waals surface area contributed by atoms with Crippen molar-refractivity contribution in [3.05, 3.63) is 71.9 Å². The molecule has 1 aliphatic heterocycles. The Kier molecular flexibility index (Phi) is 4.45. The summed E-state index contributed by atoms with van der Waals surface area (Å²) >= 11 is 1.45. The number of nitrogens with one attached hydrogen (secondary N) is 1. The summed E-state index contributed by atoms with van der Waals surface area (Å²) in [6.07, 6.45) is 0. The molecule has 3 heterocycles. The van der Waals surface area contributed by atoms with Crippen LogP contribution >= 0.6 is 11.3 Å². The summed E-state index contributed by atoms with van der Waals surface area (Å²) in [5.74, 6) is -1.34. The molecule has 0 unspecified atom stereocenters. The third kappa shape index (κ3) is 3.30. The molecule has 2 aromatic carbocycles. The first-order valence-electron chi connectivity index (χ1n) is 9.34. The molecule has 2 aromatic heterocycles. The zero-order valence-electron chi connectivity index (χ0n) is 16.2. The lowest BCUT2D eigenvalue weighted by Crippen LogP contribution is -2.26. The summed E-state index contributed by atoms with van der Waals surface area (Å²) in [6, 6.07) is 17.9. The van der Waals surface area contributed by atoms with Crippen molar-refractivity contribution in [1.29, 1.82) is 0 Å². The number of nitrogens with zero attached hydrogens (tertiary/aromatic N) is 4. The van der Waals surface area contributed by atoms with Crippen LogP contribution in [0.25, 0.3) is 21.5 Å². The average Bonchev–Trinajstić information content (AvgIpc) is 3.31. The van der Waals surface area contributed by atoms with Crippen LogP contribution in [0.3, 0.4) is 0 Å². The zero-order chi connectivity index (χ0) is 21.5. The first-order valence-corrected chi connectivity index (χ1v) is 10.2. The molecule has 0 spiro atoms. The molecule has 152 valence electrons. The third-order valence-corrected chi connectivity index (χ3v) is 5.88. The summed E-state index contributed by atoms with van der Waals surface area (Å²) in [5, 5.41) is 14.1. The molecule has 0 aliphatic carbocycles. The molecule has 0 fully saturated rings. The number of aromatic nitrogens is 2. The number of hydrazone groups is 1. The molecule has 0 atom stereocenters. The summed E-state index contributed by atoms with van der Waals surface area (Å²) in [5.41, 5.74) is 6.53. The third-order valence-electron chi connectivity index (χ3n) is 4.94. The number of hydrogen-bond acceptors (Lipinski definition) is 7. The molecule has 31 heavy (non-hydrogen) atoms. The Balaban J connectivity index is 1.53. The molecule has 1 aliphatic rings. The monoisotopic (exact) mass is 429 g/mol. The van der Waals surface area contributed by atoms with Crippen LogP contribution in [0.2, 0.25) is 0 Å². The molecular weight excluding hydrogens is 414 g/mol. The fourth-order valence-corrected chi connectivity index (χ4v) is 4.22. The van der Waals surface area contributed by atoms with Crippen molar-refractivity contribution in [3.63, 3.8) is 0 Å². The number of hydrogen-bond donors (Lipinski definition) is 2. The largest absolute Gasteiger partial charge is 0.477 e. The van der Waals surface area contributed by atoms with E-state index in [1.54, 1.807) is 37.4 Å². The number of carbonyl (C=O) groups excluding carboxylic acids is 1. The van der Waals surface area contributed by atoms with Gasteiger partial charge in [0.15, 0.2) is 5.71 Å². The minimum atomic E-state index is -1.10. The number of amides is 1. The molecule has 0 radical (unpaired) electrons. The maximum Gasteiger partial charge on any atom is 0.354 e. The lowest BCUT2D eigenvalue weighted by atomic mass is 10.0. The van der Waals surface area contributed by atoms with Crippen molar-refractivity contribution in [3.8, 4) is 11.3 Å². The number of carbonyl (C=O) groups is 2. The summed E-state index contributed by atoms with van der Waals surface area (Å²) < 4.78 is 1.02. The molecule has 5 rings (SSSR count). The van der Waals surface area contributed by atoms with Crippen LogP contribution in [0.5, 0.6) is 0 Å². The van der Waals surface area contributed by atoms with Gasteiger partial charge in [-0.25, -0.2) is 14.8 Å². The second-order valence-corrected chi connectivity index (χ2v) is 7.90. The van der Waals surface area contributed by atoms with Crippen LogP contribution < -0.4 is 10.3 Å². The predicted octanol–water partition coefficient (Wildman–Crippen LogP) is 3.85. The van der Waals surface area contributed by atoms with E-state index in [9.17, 15) is 14.7 Å². The summed E-state index contributed by atoms with van der Waals surface area (Å²) in [6.45, 7) is 0. The number of pyridine rings is 1. The number of aromatic carboxylic acids is 1. The number of likely N-dealkylation sites (N-methyl/N-ethyl adjacent to an activating group) is 1. The van der Waals surface area contributed by atoms with Crippen molar-refractivity contribution < 1.29 is 14.7 Å². The number of para-hydroxylation sites is 1. The van der Waals surface area contributed by atoms with E-state index in [-0.39, 0.29) is 17.3 Å². The van der Waals surface area contributed by atoms with Crippen LogP contribution in [-0.2, 0) is 4.79 Å². The molecule has 1 amide bonds. The van der Waals surface area contributed by atoms with E-state index in [4.69, 9.17) is 0 Å². The van der Waals surface area contributed by atoms with Crippen LogP contribution in [0.15, 0.2) is 65.8 Å². The van der Waals surface area contributed by atoms with E-state index in [0.29, 0.717) is 27.6 Å². The van der Waals surface area contributed by atoms with E-state index in [2.05, 4.69) is 20.5 Å². The first kappa shape index (κ1) is 18.9. The van der Waals surface area contributed by atoms with Gasteiger partial charge in [0.25, 0.3) is 5.91 Å². The van der Waals surface area contributed by atoms with Crippen molar-refractivity contribution in [2.75, 3.05) is 17.4 Å². The van der Waals surface area contributed by atoms with E-state index in [0.717, 1.165) is 10.2 Å². The quantitative estimate of drug-likeness (QED) is 0.477. The zero-order valence-corrected chi connectivity index (χ0v) is 17.1. The van der Waals surface area contributed by atoms with E-state index >= 15 is 0 Å². The number of benzene rings is 2. The highest BCUT2D eigenvalue weighted by molar-refractivity contribution is 7.22. The molecule has 8 nitrogen and oxygen atoms in total. The average molecular weight is 429 g/mol. The lowest BCUT2D eigenvalue weighted by molar-refractivity contribution is -0.111. The molecule has 0 bridgehead atoms. The highest BCUT2D eigenvalue weighted by Gasteiger charge is 2.32. The predicted molar refractivity (Wildman–Crippen MR) is 120 cm³/mol. The Morgan fingerprint density at radius 1 is 1.10 bits per heavy atom. The molecule has 9 heteroatoms. The lowest BCUT2D eigenvalue weighted by Gasteiger charge is -2.09. The van der Waals surface area contributed by atoms with Gasteiger partial charge < -0.3 is 10.0 Å². The smallest absolute Gasteiger partial charge is 0.354 e. The van der Waals surface area contributed by atoms with Gasteiger partial charge in [0.05, 0.1) is 21.6 Å². The van der Waals surface area contributed by atoms with E-state index in [1.807, 2.05) is 24.3 Å². The van der Waals surface area contributed by atoms with E-state index in [1.165, 1.54) is 22.3 Å². The molecule has 0 saturated heterocycles. The minimum absolute atomic E-state index is 0.0439. The van der Waals surface area contributed by atoms with Gasteiger partial charge in [-0.1, -0.05) is 35.6 Å². The molecular formula is C22H15N5O3S. The molecule has 0 saturated carbocycles. The summed E-state index contributed by atoms with van der Waals surface area (Å²) in [7, 11) is 1.68. The topological polar surface area (TPSA) is 108 Å². The molecule has 4 aromatic rings. The Morgan fingerprint density at radius 2 is 1.94 bits per heavy atom. The number of anilines is 2. The number of fused-ring (bicyclic) bond motifs is 2. The first-order chi connectivity index (χ1) is 15.0. The minimum Gasteiger partial charge on any atom is -0.477 e. The highest BCUT2D eigenvalue weighted by atomic mass is 32.1. The Bertz CT molecular complexity index is 1360. The highest BCUT2D eigenvalue weighted by Crippen LogP contribution is 2.33. The van der Waals surface area contributed by atoms with Gasteiger partial charge in [0.2, 0.25) is 5.13 Å². The van der Waals surface area contributed by atoms with Crippen molar-refractivity contribution >= 4 is 50.0 Å². The van der Waals surface area contributed by atoms with Crippen molar-refractivity contribution in [2.45, 2.75) is 0 Å². The number of rotatable bonds is 4. The van der Waals surface area contributed by atoms with Gasteiger partial charge in [-0.3, -0.25) is 10.2 Å². The van der Waals surface area contributed by atoms with Crippen LogP contribution in [0.1, 0.15) is 16.1 Å². The second kappa shape index (κ2) is 7.29. The van der Waals surface area contributed by atoms with Gasteiger partial charge in [-0.15, -0.1) is 0 Å². The molecule has 2 N–H and O–H groups in total. The Morgan fingerprint density at radius 3 is 2.74 bits per heavy atom.